The predicted molar refractivity (Wildman–Crippen MR) is 115 cm³/mol. The Morgan fingerprint density at radius 1 is 0.935 bits per heavy atom. The maximum atomic E-state index is 14.0. The number of anilines is 1. The summed E-state index contributed by atoms with van der Waals surface area (Å²) in [6.07, 6.45) is 0.735. The molecule has 31 heavy (non-hydrogen) atoms. The third-order valence-electron chi connectivity index (χ3n) is 5.82. The van der Waals surface area contributed by atoms with E-state index in [2.05, 4.69) is 0 Å². The normalized spacial score (nSPS) is 19.5. The van der Waals surface area contributed by atoms with Gasteiger partial charge in [-0.25, -0.2) is 4.39 Å². The van der Waals surface area contributed by atoms with E-state index in [1.807, 2.05) is 0 Å². The smallest absolute Gasteiger partial charge is 0.256 e. The van der Waals surface area contributed by atoms with E-state index in [-0.39, 0.29) is 36.3 Å². The van der Waals surface area contributed by atoms with Crippen molar-refractivity contribution >= 4 is 35.0 Å². The topological polar surface area (TPSA) is 60.9 Å². The van der Waals surface area contributed by atoms with Gasteiger partial charge in [-0.3, -0.25) is 14.4 Å². The van der Waals surface area contributed by atoms with E-state index in [9.17, 15) is 18.8 Å². The minimum absolute atomic E-state index is 0.0408. The molecule has 2 heterocycles. The quantitative estimate of drug-likeness (QED) is 0.731. The zero-order chi connectivity index (χ0) is 22.0. The number of hydrogen-bond acceptors (Lipinski definition) is 3. The van der Waals surface area contributed by atoms with Crippen molar-refractivity contribution in [3.05, 3.63) is 64.9 Å². The molecule has 0 N–H and O–H groups in total. The van der Waals surface area contributed by atoms with E-state index in [1.165, 1.54) is 12.1 Å². The summed E-state index contributed by atoms with van der Waals surface area (Å²) in [4.78, 5) is 43.2. The fourth-order valence-electron chi connectivity index (χ4n) is 4.18. The number of nitrogens with zero attached hydrogens (tertiary/aromatic N) is 3. The molecule has 2 aliphatic rings. The van der Waals surface area contributed by atoms with Crippen LogP contribution in [-0.4, -0.2) is 60.2 Å². The number of rotatable bonds is 3. The summed E-state index contributed by atoms with van der Waals surface area (Å²) < 4.78 is 14.0. The molecule has 2 aromatic rings. The highest BCUT2D eigenvalue weighted by molar-refractivity contribution is 6.33. The van der Waals surface area contributed by atoms with E-state index in [1.54, 1.807) is 51.1 Å². The lowest BCUT2D eigenvalue weighted by atomic mass is 10.1. The van der Waals surface area contributed by atoms with Gasteiger partial charge in [-0.2, -0.15) is 0 Å². The maximum Gasteiger partial charge on any atom is 0.256 e. The molecular weight excluding hydrogens is 421 g/mol. The fraction of sp³-hybridized carbons (Fsp3) is 0.348. The van der Waals surface area contributed by atoms with Gasteiger partial charge in [0.1, 0.15) is 5.82 Å². The van der Waals surface area contributed by atoms with Crippen LogP contribution in [0.15, 0.2) is 48.5 Å². The number of benzene rings is 2. The van der Waals surface area contributed by atoms with Crippen molar-refractivity contribution in [1.29, 1.82) is 0 Å². The van der Waals surface area contributed by atoms with Crippen LogP contribution < -0.4 is 4.90 Å². The summed E-state index contributed by atoms with van der Waals surface area (Å²) in [5.41, 5.74) is 0.654. The highest BCUT2D eigenvalue weighted by Crippen LogP contribution is 2.31. The van der Waals surface area contributed by atoms with Crippen molar-refractivity contribution in [3.63, 3.8) is 0 Å². The largest absolute Gasteiger partial charge is 0.341 e. The molecule has 1 unspecified atom stereocenters. The number of carbonyl (C=O) groups excluding carboxylic acids is 3. The molecule has 2 aromatic carbocycles. The Labute approximate surface area is 185 Å². The molecule has 0 bridgehead atoms. The summed E-state index contributed by atoms with van der Waals surface area (Å²) in [6, 6.07) is 13.0. The molecule has 2 aliphatic heterocycles. The molecule has 162 valence electrons. The maximum absolute atomic E-state index is 14.0. The highest BCUT2D eigenvalue weighted by atomic mass is 35.5. The molecule has 0 aromatic heterocycles. The zero-order valence-corrected chi connectivity index (χ0v) is 17.7. The van der Waals surface area contributed by atoms with Gasteiger partial charge < -0.3 is 14.7 Å². The standard InChI is InChI=1S/C23H23ClFN3O3/c24-18-7-2-4-9-20(18)28-15-16(14-21(28)29)22(30)26-10-5-11-27(13-12-26)23(31)17-6-1-3-8-19(17)25/h1-4,6-9,16H,5,10-15H2. The van der Waals surface area contributed by atoms with Gasteiger partial charge in [-0.05, 0) is 30.7 Å². The molecule has 6 nitrogen and oxygen atoms in total. The molecule has 2 saturated heterocycles. The molecule has 0 radical (unpaired) electrons. The van der Waals surface area contributed by atoms with E-state index in [0.29, 0.717) is 43.3 Å². The SMILES string of the molecule is O=C(c1ccccc1F)N1CCCN(C(=O)C2CC(=O)N(c3ccccc3Cl)C2)CC1. The summed E-state index contributed by atoms with van der Waals surface area (Å²) >= 11 is 6.22. The lowest BCUT2D eigenvalue weighted by Gasteiger charge is -2.25. The van der Waals surface area contributed by atoms with E-state index in [4.69, 9.17) is 11.6 Å². The van der Waals surface area contributed by atoms with Gasteiger partial charge in [0, 0.05) is 39.1 Å². The number of amides is 3. The first kappa shape index (κ1) is 21.3. The van der Waals surface area contributed by atoms with Gasteiger partial charge >= 0.3 is 0 Å². The third kappa shape index (κ3) is 4.42. The van der Waals surface area contributed by atoms with Gasteiger partial charge in [0.05, 0.1) is 22.2 Å². The molecule has 4 rings (SSSR count). The molecule has 0 saturated carbocycles. The number of para-hydroxylation sites is 1. The lowest BCUT2D eigenvalue weighted by Crippen LogP contribution is -2.40. The Bertz CT molecular complexity index is 1020. The molecule has 1 atom stereocenters. The van der Waals surface area contributed by atoms with Crippen LogP contribution in [0.2, 0.25) is 5.02 Å². The van der Waals surface area contributed by atoms with Crippen molar-refractivity contribution in [1.82, 2.24) is 9.80 Å². The second-order valence-corrected chi connectivity index (χ2v) is 8.21. The molecule has 2 fully saturated rings. The minimum atomic E-state index is -0.547. The van der Waals surface area contributed by atoms with Crippen LogP contribution in [0.1, 0.15) is 23.2 Å². The van der Waals surface area contributed by atoms with Crippen molar-refractivity contribution in [2.24, 2.45) is 5.92 Å². The second-order valence-electron chi connectivity index (χ2n) is 7.81. The Balaban J connectivity index is 1.40. The summed E-state index contributed by atoms with van der Waals surface area (Å²) in [7, 11) is 0. The van der Waals surface area contributed by atoms with Crippen LogP contribution in [0.25, 0.3) is 0 Å². The van der Waals surface area contributed by atoms with Crippen molar-refractivity contribution in [2.45, 2.75) is 12.8 Å². The number of halogens is 2. The van der Waals surface area contributed by atoms with Crippen LogP contribution in [-0.2, 0) is 9.59 Å². The summed E-state index contributed by atoms with van der Waals surface area (Å²) in [6.45, 7) is 1.92. The van der Waals surface area contributed by atoms with Crippen LogP contribution in [0.5, 0.6) is 0 Å². The summed E-state index contributed by atoms with van der Waals surface area (Å²) in [5, 5.41) is 0.473. The Kier molecular flexibility index (Phi) is 6.23. The summed E-state index contributed by atoms with van der Waals surface area (Å²) in [5.74, 6) is -1.58. The van der Waals surface area contributed by atoms with Crippen LogP contribution in [0, 0.1) is 11.7 Å². The van der Waals surface area contributed by atoms with Gasteiger partial charge in [0.15, 0.2) is 0 Å². The Morgan fingerprint density at radius 3 is 2.39 bits per heavy atom. The predicted octanol–water partition coefficient (Wildman–Crippen LogP) is 3.21. The van der Waals surface area contributed by atoms with Gasteiger partial charge in [0.25, 0.3) is 5.91 Å². The Morgan fingerprint density at radius 2 is 1.61 bits per heavy atom. The van der Waals surface area contributed by atoms with Crippen LogP contribution >= 0.6 is 11.6 Å². The molecule has 8 heteroatoms. The number of hydrogen-bond donors (Lipinski definition) is 0. The zero-order valence-electron chi connectivity index (χ0n) is 17.0. The van der Waals surface area contributed by atoms with E-state index < -0.39 is 11.7 Å². The van der Waals surface area contributed by atoms with Crippen molar-refractivity contribution < 1.29 is 18.8 Å². The average molecular weight is 444 g/mol. The highest BCUT2D eigenvalue weighted by Gasteiger charge is 2.38. The van der Waals surface area contributed by atoms with E-state index >= 15 is 0 Å². The first-order valence-corrected chi connectivity index (χ1v) is 10.7. The van der Waals surface area contributed by atoms with E-state index in [0.717, 1.165) is 0 Å². The van der Waals surface area contributed by atoms with Crippen LogP contribution in [0.3, 0.4) is 0 Å². The first-order valence-electron chi connectivity index (χ1n) is 10.3. The average Bonchev–Trinajstić information content (AvgIpc) is 2.99. The fourth-order valence-corrected chi connectivity index (χ4v) is 4.42. The first-order chi connectivity index (χ1) is 15.0. The monoisotopic (exact) mass is 443 g/mol. The minimum Gasteiger partial charge on any atom is -0.341 e. The van der Waals surface area contributed by atoms with Gasteiger partial charge in [0.2, 0.25) is 11.8 Å². The molecule has 0 aliphatic carbocycles. The molecule has 3 amide bonds. The Hall–Kier alpha value is -2.93. The lowest BCUT2D eigenvalue weighted by molar-refractivity contribution is -0.135. The molecular formula is C23H23ClFN3O3. The second kappa shape index (κ2) is 9.06. The molecule has 0 spiro atoms. The van der Waals surface area contributed by atoms with Gasteiger partial charge in [-0.15, -0.1) is 0 Å². The third-order valence-corrected chi connectivity index (χ3v) is 6.14. The van der Waals surface area contributed by atoms with Gasteiger partial charge in [-0.1, -0.05) is 35.9 Å². The number of carbonyl (C=O) groups is 3. The van der Waals surface area contributed by atoms with Crippen LogP contribution in [0.4, 0.5) is 10.1 Å². The van der Waals surface area contributed by atoms with Crippen molar-refractivity contribution in [3.8, 4) is 0 Å². The van der Waals surface area contributed by atoms with Crippen molar-refractivity contribution in [2.75, 3.05) is 37.6 Å².